The van der Waals surface area contributed by atoms with Crippen molar-refractivity contribution in [3.63, 3.8) is 0 Å². The molecule has 4 N–H and O–H groups in total. The smallest absolute Gasteiger partial charge is 0.331 e. The number of hydrogen-bond acceptors (Lipinski definition) is 4. The van der Waals surface area contributed by atoms with Gasteiger partial charge in [-0.15, -0.1) is 0 Å². The topological polar surface area (TPSA) is 102 Å². The number of nitrogens with two attached hydrogens (primary N) is 1. The van der Waals surface area contributed by atoms with Gasteiger partial charge in [0.2, 0.25) is 5.91 Å². The van der Waals surface area contributed by atoms with Crippen molar-refractivity contribution in [3.05, 3.63) is 0 Å². The van der Waals surface area contributed by atoms with Gasteiger partial charge in [0, 0.05) is 19.4 Å². The molecule has 2 rings (SSSR count). The second kappa shape index (κ2) is 4.85. The third-order valence-electron chi connectivity index (χ3n) is 4.19. The number of carbonyl (C=O) groups is 2. The standard InChI is InChI=1S/C12H20N2O4/c13-7-11(2-1-3-11)6-9(15)14-12(10(16)17)4-5-18-8-12/h1-8,13H2,(H,14,15)(H,16,17). The van der Waals surface area contributed by atoms with Crippen LogP contribution in [0.15, 0.2) is 0 Å². The van der Waals surface area contributed by atoms with Crippen LogP contribution in [0.2, 0.25) is 0 Å². The molecule has 6 nitrogen and oxygen atoms in total. The zero-order valence-corrected chi connectivity index (χ0v) is 10.4. The van der Waals surface area contributed by atoms with Gasteiger partial charge in [0.05, 0.1) is 6.61 Å². The number of rotatable bonds is 5. The van der Waals surface area contributed by atoms with Crippen LogP contribution in [0.25, 0.3) is 0 Å². The first-order valence-corrected chi connectivity index (χ1v) is 6.34. The summed E-state index contributed by atoms with van der Waals surface area (Å²) >= 11 is 0. The van der Waals surface area contributed by atoms with Crippen LogP contribution in [0, 0.1) is 5.41 Å². The molecule has 1 atom stereocenters. The zero-order valence-electron chi connectivity index (χ0n) is 10.4. The molecule has 1 saturated carbocycles. The Morgan fingerprint density at radius 2 is 2.06 bits per heavy atom. The summed E-state index contributed by atoms with van der Waals surface area (Å²) in [6, 6.07) is 0. The first-order valence-electron chi connectivity index (χ1n) is 6.34. The highest BCUT2D eigenvalue weighted by molar-refractivity contribution is 5.87. The average molecular weight is 256 g/mol. The van der Waals surface area contributed by atoms with Crippen molar-refractivity contribution in [1.29, 1.82) is 0 Å². The lowest BCUT2D eigenvalue weighted by molar-refractivity contribution is -0.148. The Morgan fingerprint density at radius 3 is 2.44 bits per heavy atom. The third kappa shape index (κ3) is 2.35. The molecule has 102 valence electrons. The van der Waals surface area contributed by atoms with Crippen molar-refractivity contribution in [1.82, 2.24) is 5.32 Å². The lowest BCUT2D eigenvalue weighted by atomic mass is 9.66. The molecule has 1 heterocycles. The lowest BCUT2D eigenvalue weighted by Crippen LogP contribution is -2.56. The molecule has 1 aliphatic carbocycles. The molecule has 1 amide bonds. The predicted octanol–water partition coefficient (Wildman–Crippen LogP) is -0.135. The van der Waals surface area contributed by atoms with Gasteiger partial charge >= 0.3 is 5.97 Å². The van der Waals surface area contributed by atoms with Gasteiger partial charge in [0.1, 0.15) is 0 Å². The normalized spacial score (nSPS) is 29.6. The number of carboxylic acid groups (broad SMARTS) is 1. The summed E-state index contributed by atoms with van der Waals surface area (Å²) in [7, 11) is 0. The predicted molar refractivity (Wildman–Crippen MR) is 63.9 cm³/mol. The van der Waals surface area contributed by atoms with Crippen LogP contribution in [0.5, 0.6) is 0 Å². The number of hydrogen-bond donors (Lipinski definition) is 3. The van der Waals surface area contributed by atoms with Crippen LogP contribution < -0.4 is 11.1 Å². The van der Waals surface area contributed by atoms with E-state index in [0.29, 0.717) is 26.0 Å². The Balaban J connectivity index is 1.95. The van der Waals surface area contributed by atoms with Crippen LogP contribution in [-0.4, -0.2) is 42.3 Å². The maximum atomic E-state index is 12.0. The number of aliphatic carboxylic acids is 1. The minimum atomic E-state index is -1.24. The molecule has 1 unspecified atom stereocenters. The molecule has 0 aromatic heterocycles. The molecule has 1 aliphatic heterocycles. The molecule has 1 saturated heterocycles. The molecule has 0 radical (unpaired) electrons. The first kappa shape index (κ1) is 13.3. The number of nitrogens with one attached hydrogen (secondary N) is 1. The lowest BCUT2D eigenvalue weighted by Gasteiger charge is -2.41. The summed E-state index contributed by atoms with van der Waals surface area (Å²) in [6.45, 7) is 0.898. The monoisotopic (exact) mass is 256 g/mol. The highest BCUT2D eigenvalue weighted by Gasteiger charge is 2.45. The maximum Gasteiger partial charge on any atom is 0.331 e. The van der Waals surface area contributed by atoms with E-state index in [1.165, 1.54) is 0 Å². The molecular formula is C12H20N2O4. The molecule has 6 heteroatoms. The van der Waals surface area contributed by atoms with Crippen molar-refractivity contribution in [2.75, 3.05) is 19.8 Å². The number of ether oxygens (including phenoxy) is 1. The fourth-order valence-electron chi connectivity index (χ4n) is 2.67. The Kier molecular flexibility index (Phi) is 3.59. The summed E-state index contributed by atoms with van der Waals surface area (Å²) in [5.74, 6) is -1.25. The van der Waals surface area contributed by atoms with Crippen LogP contribution in [0.1, 0.15) is 32.1 Å². The Morgan fingerprint density at radius 1 is 1.33 bits per heavy atom. The first-order chi connectivity index (χ1) is 8.52. The molecule has 2 aliphatic rings. The second-order valence-electron chi connectivity index (χ2n) is 5.47. The highest BCUT2D eigenvalue weighted by atomic mass is 16.5. The second-order valence-corrected chi connectivity index (χ2v) is 5.47. The number of amides is 1. The van der Waals surface area contributed by atoms with Gasteiger partial charge in [-0.3, -0.25) is 4.79 Å². The maximum absolute atomic E-state index is 12.0. The summed E-state index contributed by atoms with van der Waals surface area (Å²) < 4.78 is 5.10. The molecule has 0 bridgehead atoms. The van der Waals surface area contributed by atoms with Gasteiger partial charge in [-0.05, 0) is 24.8 Å². The molecular weight excluding hydrogens is 236 g/mol. The van der Waals surface area contributed by atoms with E-state index in [2.05, 4.69) is 5.32 Å². The quantitative estimate of drug-likeness (QED) is 0.635. The molecule has 0 spiro atoms. The van der Waals surface area contributed by atoms with E-state index in [1.54, 1.807) is 0 Å². The van der Waals surface area contributed by atoms with Crippen LogP contribution >= 0.6 is 0 Å². The van der Waals surface area contributed by atoms with Gasteiger partial charge < -0.3 is 20.9 Å². The highest BCUT2D eigenvalue weighted by Crippen LogP contribution is 2.43. The van der Waals surface area contributed by atoms with E-state index in [0.717, 1.165) is 19.3 Å². The largest absolute Gasteiger partial charge is 0.479 e. The summed E-state index contributed by atoms with van der Waals surface area (Å²) in [4.78, 5) is 23.2. The molecule has 2 fully saturated rings. The van der Waals surface area contributed by atoms with Gasteiger partial charge in [0.15, 0.2) is 5.54 Å². The van der Waals surface area contributed by atoms with Gasteiger partial charge in [-0.25, -0.2) is 4.79 Å². The number of carboxylic acids is 1. The Hall–Kier alpha value is -1.14. The van der Waals surface area contributed by atoms with Crippen molar-refractivity contribution in [2.45, 2.75) is 37.6 Å². The van der Waals surface area contributed by atoms with Crippen molar-refractivity contribution < 1.29 is 19.4 Å². The third-order valence-corrected chi connectivity index (χ3v) is 4.19. The molecule has 0 aromatic rings. The minimum Gasteiger partial charge on any atom is -0.479 e. The van der Waals surface area contributed by atoms with Crippen molar-refractivity contribution >= 4 is 11.9 Å². The van der Waals surface area contributed by atoms with E-state index < -0.39 is 11.5 Å². The van der Waals surface area contributed by atoms with Crippen molar-refractivity contribution in [3.8, 4) is 0 Å². The van der Waals surface area contributed by atoms with Gasteiger partial charge in [0.25, 0.3) is 0 Å². The van der Waals surface area contributed by atoms with E-state index in [1.807, 2.05) is 0 Å². The van der Waals surface area contributed by atoms with Crippen molar-refractivity contribution in [2.24, 2.45) is 11.1 Å². The van der Waals surface area contributed by atoms with Crippen LogP contribution in [-0.2, 0) is 14.3 Å². The van der Waals surface area contributed by atoms with E-state index in [9.17, 15) is 14.7 Å². The van der Waals surface area contributed by atoms with E-state index >= 15 is 0 Å². The van der Waals surface area contributed by atoms with Gasteiger partial charge in [-0.2, -0.15) is 0 Å². The Labute approximate surface area is 106 Å². The van der Waals surface area contributed by atoms with Crippen LogP contribution in [0.3, 0.4) is 0 Å². The van der Waals surface area contributed by atoms with Crippen LogP contribution in [0.4, 0.5) is 0 Å². The van der Waals surface area contributed by atoms with E-state index in [-0.39, 0.29) is 17.9 Å². The molecule has 0 aromatic carbocycles. The summed E-state index contributed by atoms with van der Waals surface area (Å²) in [6.07, 6.45) is 3.64. The summed E-state index contributed by atoms with van der Waals surface area (Å²) in [5.41, 5.74) is 4.35. The SMILES string of the molecule is NCC1(CC(=O)NC2(C(=O)O)CCOC2)CCC1. The minimum absolute atomic E-state index is 0.0453. The van der Waals surface area contributed by atoms with E-state index in [4.69, 9.17) is 10.5 Å². The van der Waals surface area contributed by atoms with Gasteiger partial charge in [-0.1, -0.05) is 6.42 Å². The molecule has 18 heavy (non-hydrogen) atoms. The number of carbonyl (C=O) groups excluding carboxylic acids is 1. The average Bonchev–Trinajstić information content (AvgIpc) is 2.73. The zero-order chi connectivity index (χ0) is 13.2. The summed E-state index contributed by atoms with van der Waals surface area (Å²) in [5, 5.41) is 11.9. The fourth-order valence-corrected chi connectivity index (χ4v) is 2.67. The fraction of sp³-hybridized carbons (Fsp3) is 0.833. The Bertz CT molecular complexity index is 340.